The van der Waals surface area contributed by atoms with E-state index in [-0.39, 0.29) is 23.5 Å². The molecule has 0 unspecified atom stereocenters. The zero-order chi connectivity index (χ0) is 23.9. The third-order valence-corrected chi connectivity index (χ3v) is 5.31. The molecule has 0 atom stereocenters. The summed E-state index contributed by atoms with van der Waals surface area (Å²) in [6.07, 6.45) is -1.37. The van der Waals surface area contributed by atoms with Gasteiger partial charge in [-0.2, -0.15) is 18.3 Å². The number of alkyl halides is 3. The van der Waals surface area contributed by atoms with Crippen LogP contribution in [0, 0.1) is 5.92 Å². The average Bonchev–Trinajstić information content (AvgIpc) is 3.14. The van der Waals surface area contributed by atoms with Crippen LogP contribution in [0.3, 0.4) is 0 Å². The molecule has 4 aromatic rings. The summed E-state index contributed by atoms with van der Waals surface area (Å²) < 4.78 is 43.6. The summed E-state index contributed by atoms with van der Waals surface area (Å²) in [6.45, 7) is 4.19. The SMILES string of the molecule is CC(C)Cn1c(=O)n(C)c(=O)c2c(-c3ccncc3)n(Cc3cccc(C(F)(F)F)c3)nc21. The molecule has 172 valence electrons. The summed E-state index contributed by atoms with van der Waals surface area (Å²) in [5.74, 6) is 0.0985. The summed E-state index contributed by atoms with van der Waals surface area (Å²) in [5.41, 5.74) is -0.176. The van der Waals surface area contributed by atoms with Crippen molar-refractivity contribution < 1.29 is 13.2 Å². The van der Waals surface area contributed by atoms with Gasteiger partial charge in [-0.15, -0.1) is 0 Å². The van der Waals surface area contributed by atoms with Gasteiger partial charge >= 0.3 is 11.9 Å². The minimum atomic E-state index is -4.48. The van der Waals surface area contributed by atoms with Gasteiger partial charge in [0.1, 0.15) is 5.39 Å². The van der Waals surface area contributed by atoms with Crippen LogP contribution in [0.25, 0.3) is 22.3 Å². The van der Waals surface area contributed by atoms with Crippen LogP contribution < -0.4 is 11.2 Å². The first-order valence-electron chi connectivity index (χ1n) is 10.3. The minimum Gasteiger partial charge on any atom is -0.276 e. The lowest BCUT2D eigenvalue weighted by atomic mass is 10.1. The van der Waals surface area contributed by atoms with Gasteiger partial charge in [0.2, 0.25) is 0 Å². The van der Waals surface area contributed by atoms with Gasteiger partial charge in [-0.25, -0.2) is 4.79 Å². The Morgan fingerprint density at radius 3 is 2.39 bits per heavy atom. The van der Waals surface area contributed by atoms with Gasteiger partial charge in [0.15, 0.2) is 5.65 Å². The van der Waals surface area contributed by atoms with Crippen LogP contribution in [0.5, 0.6) is 0 Å². The third-order valence-electron chi connectivity index (χ3n) is 5.31. The van der Waals surface area contributed by atoms with E-state index in [1.165, 1.54) is 22.4 Å². The van der Waals surface area contributed by atoms with E-state index in [0.29, 0.717) is 23.4 Å². The molecule has 0 N–H and O–H groups in total. The Balaban J connectivity index is 2.01. The second-order valence-corrected chi connectivity index (χ2v) is 8.29. The fourth-order valence-corrected chi connectivity index (χ4v) is 3.83. The summed E-state index contributed by atoms with van der Waals surface area (Å²) >= 11 is 0. The number of fused-ring (bicyclic) bond motifs is 1. The van der Waals surface area contributed by atoms with E-state index in [1.807, 2.05) is 13.8 Å². The molecular formula is C23H22F3N5O2. The second-order valence-electron chi connectivity index (χ2n) is 8.29. The first-order chi connectivity index (χ1) is 15.6. The van der Waals surface area contributed by atoms with E-state index in [4.69, 9.17) is 0 Å². The standard InChI is InChI=1S/C23H22F3N5O2/c1-14(2)12-30-20-18(21(32)29(3)22(30)33)19(16-7-9-27-10-8-16)31(28-20)13-15-5-4-6-17(11-15)23(24,25)26/h4-11,14H,12-13H2,1-3H3. The summed E-state index contributed by atoms with van der Waals surface area (Å²) in [5, 5.41) is 4.79. The molecule has 0 aliphatic heterocycles. The van der Waals surface area contributed by atoms with Crippen molar-refractivity contribution in [2.24, 2.45) is 13.0 Å². The molecule has 3 heterocycles. The molecule has 0 radical (unpaired) electrons. The van der Waals surface area contributed by atoms with Crippen LogP contribution in [0.1, 0.15) is 25.0 Å². The predicted octanol–water partition coefficient (Wildman–Crippen LogP) is 3.68. The van der Waals surface area contributed by atoms with Crippen molar-refractivity contribution in [1.29, 1.82) is 0 Å². The van der Waals surface area contributed by atoms with Crippen molar-refractivity contribution in [3.63, 3.8) is 0 Å². The zero-order valence-corrected chi connectivity index (χ0v) is 18.3. The molecule has 0 amide bonds. The Kier molecular flexibility index (Phi) is 5.69. The number of aromatic nitrogens is 5. The van der Waals surface area contributed by atoms with Gasteiger partial charge < -0.3 is 0 Å². The highest BCUT2D eigenvalue weighted by Crippen LogP contribution is 2.31. The van der Waals surface area contributed by atoms with Gasteiger partial charge in [-0.3, -0.25) is 23.6 Å². The predicted molar refractivity (Wildman–Crippen MR) is 118 cm³/mol. The van der Waals surface area contributed by atoms with Crippen molar-refractivity contribution in [3.05, 3.63) is 80.8 Å². The molecule has 0 aliphatic rings. The quantitative estimate of drug-likeness (QED) is 0.458. The molecule has 7 nitrogen and oxygen atoms in total. The smallest absolute Gasteiger partial charge is 0.276 e. The Morgan fingerprint density at radius 2 is 1.76 bits per heavy atom. The van der Waals surface area contributed by atoms with Gasteiger partial charge in [-0.05, 0) is 35.7 Å². The van der Waals surface area contributed by atoms with Gasteiger partial charge in [0.25, 0.3) is 5.56 Å². The van der Waals surface area contributed by atoms with E-state index in [9.17, 15) is 22.8 Å². The highest BCUT2D eigenvalue weighted by atomic mass is 19.4. The van der Waals surface area contributed by atoms with E-state index >= 15 is 0 Å². The highest BCUT2D eigenvalue weighted by Gasteiger charge is 2.30. The normalized spacial score (nSPS) is 12.1. The number of benzene rings is 1. The molecule has 0 spiro atoms. The largest absolute Gasteiger partial charge is 0.416 e. The molecule has 4 rings (SSSR count). The maximum atomic E-state index is 13.2. The fourth-order valence-electron chi connectivity index (χ4n) is 3.83. The van der Waals surface area contributed by atoms with E-state index in [1.54, 1.807) is 30.6 Å². The van der Waals surface area contributed by atoms with Crippen LogP contribution in [-0.4, -0.2) is 23.9 Å². The minimum absolute atomic E-state index is 0.0186. The monoisotopic (exact) mass is 457 g/mol. The zero-order valence-electron chi connectivity index (χ0n) is 18.3. The maximum Gasteiger partial charge on any atom is 0.416 e. The van der Waals surface area contributed by atoms with Crippen LogP contribution in [0.15, 0.2) is 58.4 Å². The van der Waals surface area contributed by atoms with Crippen LogP contribution in [0.2, 0.25) is 0 Å². The summed E-state index contributed by atoms with van der Waals surface area (Å²) in [7, 11) is 1.40. The van der Waals surface area contributed by atoms with E-state index < -0.39 is 23.0 Å². The Hall–Kier alpha value is -3.69. The number of hydrogen-bond donors (Lipinski definition) is 0. The average molecular weight is 457 g/mol. The molecule has 33 heavy (non-hydrogen) atoms. The third kappa shape index (κ3) is 4.20. The van der Waals surface area contributed by atoms with Gasteiger partial charge in [0.05, 0.1) is 17.8 Å². The lowest BCUT2D eigenvalue weighted by Gasteiger charge is -2.11. The second kappa shape index (κ2) is 8.34. The Labute approximate surface area is 186 Å². The summed E-state index contributed by atoms with van der Waals surface area (Å²) in [6, 6.07) is 8.34. The summed E-state index contributed by atoms with van der Waals surface area (Å²) in [4.78, 5) is 30.0. The number of nitrogens with zero attached hydrogens (tertiary/aromatic N) is 5. The first-order valence-corrected chi connectivity index (χ1v) is 10.3. The van der Waals surface area contributed by atoms with Crippen LogP contribution in [-0.2, 0) is 26.3 Å². The van der Waals surface area contributed by atoms with Crippen LogP contribution >= 0.6 is 0 Å². The molecule has 0 saturated heterocycles. The highest BCUT2D eigenvalue weighted by molar-refractivity contribution is 5.90. The van der Waals surface area contributed by atoms with E-state index in [2.05, 4.69) is 10.1 Å². The first kappa shape index (κ1) is 22.5. The Bertz CT molecular complexity index is 1430. The number of halogens is 3. The molecule has 3 aromatic heterocycles. The molecule has 10 heteroatoms. The molecule has 0 bridgehead atoms. The Morgan fingerprint density at radius 1 is 1.06 bits per heavy atom. The van der Waals surface area contributed by atoms with Gasteiger partial charge in [0, 0.05) is 31.5 Å². The number of hydrogen-bond acceptors (Lipinski definition) is 4. The molecule has 0 aliphatic carbocycles. The lowest BCUT2D eigenvalue weighted by molar-refractivity contribution is -0.137. The lowest BCUT2D eigenvalue weighted by Crippen LogP contribution is -2.38. The number of rotatable bonds is 5. The van der Waals surface area contributed by atoms with Crippen molar-refractivity contribution in [1.82, 2.24) is 23.9 Å². The topological polar surface area (TPSA) is 74.7 Å². The molecule has 1 aromatic carbocycles. The van der Waals surface area contributed by atoms with Crippen LogP contribution in [0.4, 0.5) is 13.2 Å². The van der Waals surface area contributed by atoms with Gasteiger partial charge in [-0.1, -0.05) is 26.0 Å². The van der Waals surface area contributed by atoms with Crippen molar-refractivity contribution >= 4 is 11.0 Å². The van der Waals surface area contributed by atoms with Crippen molar-refractivity contribution in [2.45, 2.75) is 33.1 Å². The fraction of sp³-hybridized carbons (Fsp3) is 0.304. The van der Waals surface area contributed by atoms with Crippen molar-refractivity contribution in [3.8, 4) is 11.3 Å². The van der Waals surface area contributed by atoms with E-state index in [0.717, 1.165) is 16.7 Å². The molecular weight excluding hydrogens is 435 g/mol. The number of pyridine rings is 1. The van der Waals surface area contributed by atoms with Crippen molar-refractivity contribution in [2.75, 3.05) is 0 Å². The molecule has 0 saturated carbocycles. The molecule has 0 fully saturated rings. The maximum absolute atomic E-state index is 13.2.